The first-order valence-electron chi connectivity index (χ1n) is 13.1. The number of para-hydroxylation sites is 1. The summed E-state index contributed by atoms with van der Waals surface area (Å²) in [5, 5.41) is 6.44. The second-order valence-corrected chi connectivity index (χ2v) is 10.4. The Morgan fingerprint density at radius 2 is 1.74 bits per heavy atom. The fourth-order valence-corrected chi connectivity index (χ4v) is 5.89. The number of hydrogen-bond donors (Lipinski definition) is 2. The highest BCUT2D eigenvalue weighted by atomic mass is 32.1. The molecule has 200 valence electrons. The van der Waals surface area contributed by atoms with Crippen molar-refractivity contribution in [3.8, 4) is 5.75 Å². The number of fused-ring (bicyclic) bond motifs is 1. The van der Waals surface area contributed by atoms with Gasteiger partial charge in [0.05, 0.1) is 12.2 Å². The number of ether oxygens (including phenoxy) is 2. The molecule has 3 aromatic rings. The number of nitrogens with one attached hydrogen (secondary N) is 2. The first kappa shape index (κ1) is 27.4. The van der Waals surface area contributed by atoms with E-state index in [0.29, 0.717) is 21.9 Å². The van der Waals surface area contributed by atoms with E-state index in [9.17, 15) is 14.4 Å². The van der Waals surface area contributed by atoms with Crippen molar-refractivity contribution in [1.29, 1.82) is 0 Å². The van der Waals surface area contributed by atoms with Crippen molar-refractivity contribution in [2.24, 2.45) is 0 Å². The van der Waals surface area contributed by atoms with Gasteiger partial charge in [-0.3, -0.25) is 9.59 Å². The predicted octanol–water partition coefficient (Wildman–Crippen LogP) is 6.33. The van der Waals surface area contributed by atoms with Crippen LogP contribution in [0.3, 0.4) is 0 Å². The number of anilines is 2. The summed E-state index contributed by atoms with van der Waals surface area (Å²) in [5.41, 5.74) is 4.79. The molecule has 4 rings (SSSR count). The van der Waals surface area contributed by atoms with Crippen molar-refractivity contribution in [1.82, 2.24) is 0 Å². The predicted molar refractivity (Wildman–Crippen MR) is 151 cm³/mol. The molecule has 1 aromatic heterocycles. The zero-order chi connectivity index (χ0) is 27.2. The van der Waals surface area contributed by atoms with Crippen molar-refractivity contribution in [2.75, 3.05) is 17.2 Å². The molecule has 1 heterocycles. The topological polar surface area (TPSA) is 93.7 Å². The van der Waals surface area contributed by atoms with Gasteiger partial charge in [0.2, 0.25) is 0 Å². The lowest BCUT2D eigenvalue weighted by molar-refractivity contribution is -0.122. The molecule has 38 heavy (non-hydrogen) atoms. The summed E-state index contributed by atoms with van der Waals surface area (Å²) in [6.45, 7) is 7.75. The Balaban J connectivity index is 1.42. The van der Waals surface area contributed by atoms with Gasteiger partial charge < -0.3 is 20.1 Å². The maximum atomic E-state index is 13.0. The normalized spacial score (nSPS) is 13.3. The molecule has 2 N–H and O–H groups in total. The van der Waals surface area contributed by atoms with Gasteiger partial charge in [0.1, 0.15) is 10.8 Å². The molecule has 7 nitrogen and oxygen atoms in total. The molecule has 0 unspecified atom stereocenters. The van der Waals surface area contributed by atoms with Gasteiger partial charge in [-0.25, -0.2) is 4.79 Å². The lowest BCUT2D eigenvalue weighted by Crippen LogP contribution is -2.30. The first-order valence-corrected chi connectivity index (χ1v) is 13.9. The van der Waals surface area contributed by atoms with E-state index >= 15 is 0 Å². The Bertz CT molecular complexity index is 1330. The fraction of sp³-hybridized carbons (Fsp3) is 0.367. The van der Waals surface area contributed by atoms with Gasteiger partial charge in [-0.05, 0) is 93.8 Å². The number of carbonyl (C=O) groups is 3. The number of carbonyl (C=O) groups excluding carboxylic acids is 3. The van der Waals surface area contributed by atoms with E-state index in [0.717, 1.165) is 59.4 Å². The van der Waals surface area contributed by atoms with E-state index in [4.69, 9.17) is 9.47 Å². The summed E-state index contributed by atoms with van der Waals surface area (Å²) in [5.74, 6) is -0.486. The molecule has 1 aliphatic rings. The molecule has 2 aromatic carbocycles. The van der Waals surface area contributed by atoms with Crippen LogP contribution >= 0.6 is 11.3 Å². The molecule has 0 saturated carbocycles. The summed E-state index contributed by atoms with van der Waals surface area (Å²) in [4.78, 5) is 39.6. The zero-order valence-corrected chi connectivity index (χ0v) is 23.1. The molecule has 0 bridgehead atoms. The minimum Gasteiger partial charge on any atom is -0.481 e. The highest BCUT2D eigenvalue weighted by Gasteiger charge is 2.27. The number of hydrogen-bond acceptors (Lipinski definition) is 6. The second-order valence-electron chi connectivity index (χ2n) is 9.33. The van der Waals surface area contributed by atoms with E-state index < -0.39 is 12.1 Å². The largest absolute Gasteiger partial charge is 0.481 e. The third kappa shape index (κ3) is 6.07. The van der Waals surface area contributed by atoms with Gasteiger partial charge in [-0.2, -0.15) is 0 Å². The van der Waals surface area contributed by atoms with Crippen LogP contribution in [0.4, 0.5) is 10.7 Å². The molecule has 1 aliphatic carbocycles. The van der Waals surface area contributed by atoms with Crippen LogP contribution in [0, 0.1) is 6.92 Å². The smallest absolute Gasteiger partial charge is 0.341 e. The van der Waals surface area contributed by atoms with Gasteiger partial charge in [0.15, 0.2) is 6.10 Å². The van der Waals surface area contributed by atoms with E-state index in [-0.39, 0.29) is 18.4 Å². The summed E-state index contributed by atoms with van der Waals surface area (Å²) < 4.78 is 11.1. The van der Waals surface area contributed by atoms with Crippen molar-refractivity contribution in [3.05, 3.63) is 75.2 Å². The Kier molecular flexibility index (Phi) is 8.84. The highest BCUT2D eigenvalue weighted by Crippen LogP contribution is 2.39. The first-order chi connectivity index (χ1) is 18.3. The monoisotopic (exact) mass is 534 g/mol. The van der Waals surface area contributed by atoms with Crippen LogP contribution in [0.15, 0.2) is 42.5 Å². The molecule has 0 aliphatic heterocycles. The quantitative estimate of drug-likeness (QED) is 0.313. The summed E-state index contributed by atoms with van der Waals surface area (Å²) in [6.07, 6.45) is 3.90. The molecule has 0 spiro atoms. The average molecular weight is 535 g/mol. The Morgan fingerprint density at radius 1 is 1.00 bits per heavy atom. The van der Waals surface area contributed by atoms with Crippen molar-refractivity contribution in [2.45, 2.75) is 65.9 Å². The summed E-state index contributed by atoms with van der Waals surface area (Å²) >= 11 is 1.46. The highest BCUT2D eigenvalue weighted by molar-refractivity contribution is 7.17. The van der Waals surface area contributed by atoms with Gasteiger partial charge in [0, 0.05) is 16.1 Å². The molecule has 0 radical (unpaired) electrons. The van der Waals surface area contributed by atoms with Gasteiger partial charge in [0.25, 0.3) is 11.8 Å². The molecule has 2 amide bonds. The third-order valence-electron chi connectivity index (χ3n) is 6.66. The number of aryl methyl sites for hydroxylation is 3. The van der Waals surface area contributed by atoms with Gasteiger partial charge in [-0.15, -0.1) is 11.3 Å². The average Bonchev–Trinajstić information content (AvgIpc) is 3.28. The number of benzene rings is 2. The summed E-state index contributed by atoms with van der Waals surface area (Å²) in [7, 11) is 0. The maximum absolute atomic E-state index is 13.0. The van der Waals surface area contributed by atoms with Crippen LogP contribution in [0.1, 0.15) is 75.9 Å². The Hall–Kier alpha value is -3.65. The van der Waals surface area contributed by atoms with Crippen molar-refractivity contribution in [3.63, 3.8) is 0 Å². The maximum Gasteiger partial charge on any atom is 0.341 e. The summed E-state index contributed by atoms with van der Waals surface area (Å²) in [6, 6.07) is 12.5. The lowest BCUT2D eigenvalue weighted by atomic mass is 9.95. The van der Waals surface area contributed by atoms with E-state index in [1.807, 2.05) is 32.0 Å². The van der Waals surface area contributed by atoms with Crippen LogP contribution in [-0.4, -0.2) is 30.5 Å². The van der Waals surface area contributed by atoms with Gasteiger partial charge >= 0.3 is 5.97 Å². The van der Waals surface area contributed by atoms with E-state index in [1.54, 1.807) is 38.1 Å². The molecular weight excluding hydrogens is 500 g/mol. The van der Waals surface area contributed by atoms with E-state index in [1.165, 1.54) is 11.3 Å². The fourth-order valence-electron chi connectivity index (χ4n) is 4.62. The number of thiophene rings is 1. The molecule has 0 saturated heterocycles. The molecular formula is C30H34N2O5S. The van der Waals surface area contributed by atoms with Crippen LogP contribution in [0.25, 0.3) is 0 Å². The lowest BCUT2D eigenvalue weighted by Gasteiger charge is -2.18. The molecule has 1 atom stereocenters. The second kappa shape index (κ2) is 12.3. The van der Waals surface area contributed by atoms with Crippen LogP contribution in [-0.2, 0) is 28.8 Å². The van der Waals surface area contributed by atoms with Crippen LogP contribution in [0.5, 0.6) is 5.75 Å². The van der Waals surface area contributed by atoms with Crippen LogP contribution in [0.2, 0.25) is 0 Å². The van der Waals surface area contributed by atoms with Gasteiger partial charge in [-0.1, -0.05) is 25.1 Å². The minimum atomic E-state index is -0.733. The van der Waals surface area contributed by atoms with Crippen molar-refractivity contribution < 1.29 is 23.9 Å². The zero-order valence-electron chi connectivity index (χ0n) is 22.3. The van der Waals surface area contributed by atoms with Crippen molar-refractivity contribution >= 4 is 39.8 Å². The number of amides is 2. The van der Waals surface area contributed by atoms with Crippen LogP contribution < -0.4 is 15.4 Å². The third-order valence-corrected chi connectivity index (χ3v) is 7.87. The minimum absolute atomic E-state index is 0.246. The molecule has 8 heteroatoms. The Labute approximate surface area is 227 Å². The number of esters is 1. The SMILES string of the molecule is CCOC(=O)c1c(NC(=O)c2ccc(O[C@@H](C)C(=O)Nc3c(C)cccc3CC)cc2)sc2c1CCCC2. The standard InChI is InChI=1S/C30H34N2O5S/c1-5-20-11-9-10-18(3)26(20)31-27(33)19(4)37-22-16-14-21(15-17-22)28(34)32-29-25(30(35)36-6-2)23-12-7-8-13-24(23)38-29/h9-11,14-17,19H,5-8,12-13H2,1-4H3,(H,31,33)(H,32,34)/t19-/m0/s1. The van der Waals surface area contributed by atoms with E-state index in [2.05, 4.69) is 10.6 Å². The molecule has 0 fully saturated rings. The number of rotatable bonds is 9. The Morgan fingerprint density at radius 3 is 2.45 bits per heavy atom.